The smallest absolute Gasteiger partial charge is 0.213 e. The number of fused-ring (bicyclic) bond motifs is 1. The lowest BCUT2D eigenvalue weighted by Crippen LogP contribution is -1.97. The molecule has 20 heavy (non-hydrogen) atoms. The van der Waals surface area contributed by atoms with E-state index in [4.69, 9.17) is 17.2 Å². The number of rotatable bonds is 2. The second-order valence-corrected chi connectivity index (χ2v) is 5.62. The van der Waals surface area contributed by atoms with Crippen molar-refractivity contribution < 1.29 is 0 Å². The van der Waals surface area contributed by atoms with Crippen LogP contribution in [0.2, 0.25) is 0 Å². The van der Waals surface area contributed by atoms with Gasteiger partial charge in [0.25, 0.3) is 0 Å². The third-order valence-electron chi connectivity index (χ3n) is 3.41. The molecule has 5 heteroatoms. The summed E-state index contributed by atoms with van der Waals surface area (Å²) in [5, 5.41) is 6.97. The molecule has 0 atom stereocenters. The number of aromatic nitrogens is 4. The molecule has 0 bridgehead atoms. The lowest BCUT2D eigenvalue weighted by Gasteiger charge is -2.11. The van der Waals surface area contributed by atoms with E-state index in [1.54, 1.807) is 0 Å². The normalized spacial score (nSPS) is 11.4. The summed E-state index contributed by atoms with van der Waals surface area (Å²) in [6.07, 6.45) is 0. The Bertz CT molecular complexity index is 829. The number of para-hydroxylation sites is 1. The minimum absolute atomic E-state index is 0.361. The fourth-order valence-electron chi connectivity index (χ4n) is 2.30. The number of aryl methyl sites for hydroxylation is 1. The first kappa shape index (κ1) is 13.0. The Morgan fingerprint density at radius 1 is 1.15 bits per heavy atom. The average molecular weight is 284 g/mol. The van der Waals surface area contributed by atoms with Crippen molar-refractivity contribution in [1.29, 1.82) is 0 Å². The van der Waals surface area contributed by atoms with Crippen LogP contribution in [0.25, 0.3) is 22.3 Å². The summed E-state index contributed by atoms with van der Waals surface area (Å²) in [5.74, 6) is 1.12. The van der Waals surface area contributed by atoms with Gasteiger partial charge in [0.15, 0.2) is 5.82 Å². The lowest BCUT2D eigenvalue weighted by molar-refractivity contribution is 0.829. The lowest BCUT2D eigenvalue weighted by atomic mass is 10.0. The highest BCUT2D eigenvalue weighted by molar-refractivity contribution is 7.71. The predicted octanol–water partition coefficient (Wildman–Crippen LogP) is 4.11. The van der Waals surface area contributed by atoms with Crippen molar-refractivity contribution in [3.63, 3.8) is 0 Å². The van der Waals surface area contributed by atoms with Crippen LogP contribution in [0.5, 0.6) is 0 Å². The largest absolute Gasteiger partial charge is 0.282 e. The van der Waals surface area contributed by atoms with E-state index in [1.165, 1.54) is 5.56 Å². The summed E-state index contributed by atoms with van der Waals surface area (Å²) in [4.78, 5) is 9.13. The molecule has 2 N–H and O–H groups in total. The van der Waals surface area contributed by atoms with Gasteiger partial charge in [0, 0.05) is 16.6 Å². The van der Waals surface area contributed by atoms with Gasteiger partial charge in [-0.15, -0.1) is 0 Å². The molecule has 3 rings (SSSR count). The van der Waals surface area contributed by atoms with Crippen LogP contribution in [-0.2, 0) is 0 Å². The molecule has 0 spiro atoms. The quantitative estimate of drug-likeness (QED) is 0.696. The Labute approximate surface area is 122 Å². The van der Waals surface area contributed by atoms with Gasteiger partial charge < -0.3 is 0 Å². The van der Waals surface area contributed by atoms with E-state index >= 15 is 0 Å². The number of aromatic amines is 2. The highest BCUT2D eigenvalue weighted by Crippen LogP contribution is 2.29. The number of nitrogens with zero attached hydrogens (tertiary/aromatic N) is 2. The van der Waals surface area contributed by atoms with Crippen molar-refractivity contribution in [2.75, 3.05) is 0 Å². The highest BCUT2D eigenvalue weighted by Gasteiger charge is 2.13. The van der Waals surface area contributed by atoms with Crippen molar-refractivity contribution >= 4 is 23.1 Å². The minimum Gasteiger partial charge on any atom is -0.282 e. The van der Waals surface area contributed by atoms with E-state index in [2.05, 4.69) is 54.2 Å². The molecule has 2 heterocycles. The average Bonchev–Trinajstić information content (AvgIpc) is 2.84. The van der Waals surface area contributed by atoms with Gasteiger partial charge in [0.2, 0.25) is 4.77 Å². The van der Waals surface area contributed by atoms with Crippen molar-refractivity contribution in [3.05, 3.63) is 40.3 Å². The molecule has 0 aliphatic heterocycles. The summed E-state index contributed by atoms with van der Waals surface area (Å²) in [7, 11) is 0. The number of hydrogen-bond acceptors (Lipinski definition) is 3. The molecular formula is C15H16N4S. The van der Waals surface area contributed by atoms with Gasteiger partial charge in [-0.3, -0.25) is 15.2 Å². The molecule has 0 aliphatic rings. The Hall–Kier alpha value is -2.01. The van der Waals surface area contributed by atoms with Gasteiger partial charge in [-0.05, 0) is 36.7 Å². The number of pyridine rings is 1. The van der Waals surface area contributed by atoms with Crippen LogP contribution in [0, 0.1) is 11.7 Å². The SMILES string of the molecule is Cc1cccc2c(-c3nc(=S)[nH][nH]3)cc(C(C)C)nc12. The first-order valence-electron chi connectivity index (χ1n) is 6.61. The molecule has 0 fully saturated rings. The van der Waals surface area contributed by atoms with Crippen LogP contribution in [-0.4, -0.2) is 20.2 Å². The van der Waals surface area contributed by atoms with E-state index in [-0.39, 0.29) is 0 Å². The van der Waals surface area contributed by atoms with E-state index in [1.807, 2.05) is 6.07 Å². The third kappa shape index (κ3) is 2.14. The molecule has 2 aromatic heterocycles. The summed E-state index contributed by atoms with van der Waals surface area (Å²) < 4.78 is 0.462. The van der Waals surface area contributed by atoms with Crippen LogP contribution >= 0.6 is 12.2 Å². The summed E-state index contributed by atoms with van der Waals surface area (Å²) in [6.45, 7) is 6.36. The molecule has 0 saturated heterocycles. The molecule has 0 radical (unpaired) electrons. The zero-order valence-corrected chi connectivity index (χ0v) is 12.5. The molecule has 0 saturated carbocycles. The van der Waals surface area contributed by atoms with Crippen molar-refractivity contribution in [1.82, 2.24) is 20.2 Å². The highest BCUT2D eigenvalue weighted by atomic mass is 32.1. The fraction of sp³-hybridized carbons (Fsp3) is 0.267. The molecule has 0 amide bonds. The van der Waals surface area contributed by atoms with E-state index < -0.39 is 0 Å². The number of hydrogen-bond donors (Lipinski definition) is 2. The zero-order chi connectivity index (χ0) is 14.3. The molecule has 4 nitrogen and oxygen atoms in total. The van der Waals surface area contributed by atoms with Gasteiger partial charge in [-0.1, -0.05) is 32.0 Å². The summed E-state index contributed by atoms with van der Waals surface area (Å²) >= 11 is 5.05. The zero-order valence-electron chi connectivity index (χ0n) is 11.7. The Balaban J connectivity index is 2.39. The molecule has 0 unspecified atom stereocenters. The third-order valence-corrected chi connectivity index (χ3v) is 3.60. The summed E-state index contributed by atoms with van der Waals surface area (Å²) in [6, 6.07) is 8.28. The number of benzene rings is 1. The number of nitrogens with one attached hydrogen (secondary N) is 2. The Kier molecular flexibility index (Phi) is 3.14. The second-order valence-electron chi connectivity index (χ2n) is 5.24. The maximum atomic E-state index is 5.05. The van der Waals surface area contributed by atoms with Crippen LogP contribution in [0.15, 0.2) is 24.3 Å². The summed E-state index contributed by atoms with van der Waals surface area (Å²) in [5.41, 5.74) is 4.29. The van der Waals surface area contributed by atoms with Gasteiger partial charge >= 0.3 is 0 Å². The number of H-pyrrole nitrogens is 2. The molecular weight excluding hydrogens is 268 g/mol. The van der Waals surface area contributed by atoms with E-state index in [9.17, 15) is 0 Å². The van der Waals surface area contributed by atoms with Crippen LogP contribution in [0.3, 0.4) is 0 Å². The monoisotopic (exact) mass is 284 g/mol. The van der Waals surface area contributed by atoms with E-state index in [0.29, 0.717) is 10.7 Å². The van der Waals surface area contributed by atoms with Gasteiger partial charge in [-0.2, -0.15) is 4.98 Å². The molecule has 1 aromatic carbocycles. The van der Waals surface area contributed by atoms with Gasteiger partial charge in [-0.25, -0.2) is 0 Å². The first-order chi connectivity index (χ1) is 9.56. The van der Waals surface area contributed by atoms with Crippen LogP contribution < -0.4 is 0 Å². The molecule has 102 valence electrons. The Morgan fingerprint density at radius 2 is 1.95 bits per heavy atom. The van der Waals surface area contributed by atoms with Gasteiger partial charge in [0.05, 0.1) is 5.52 Å². The van der Waals surface area contributed by atoms with Crippen LogP contribution in [0.4, 0.5) is 0 Å². The molecule has 3 aromatic rings. The first-order valence-corrected chi connectivity index (χ1v) is 7.02. The topological polar surface area (TPSA) is 57.4 Å². The minimum atomic E-state index is 0.361. The maximum Gasteiger partial charge on any atom is 0.213 e. The predicted molar refractivity (Wildman–Crippen MR) is 83.3 cm³/mol. The van der Waals surface area contributed by atoms with Gasteiger partial charge in [0.1, 0.15) is 0 Å². The van der Waals surface area contributed by atoms with Crippen molar-refractivity contribution in [3.8, 4) is 11.4 Å². The maximum absolute atomic E-state index is 5.05. The second kappa shape index (κ2) is 4.83. The Morgan fingerprint density at radius 3 is 2.60 bits per heavy atom. The van der Waals surface area contributed by atoms with Crippen molar-refractivity contribution in [2.45, 2.75) is 26.7 Å². The van der Waals surface area contributed by atoms with Crippen molar-refractivity contribution in [2.24, 2.45) is 0 Å². The fourth-order valence-corrected chi connectivity index (χ4v) is 2.44. The standard InChI is InChI=1S/C15H16N4S/c1-8(2)12-7-11(14-17-15(20)19-18-14)10-6-4-5-9(3)13(10)16-12/h4-8H,1-3H3,(H2,17,18,19,20). The molecule has 0 aliphatic carbocycles. The van der Waals surface area contributed by atoms with Crippen LogP contribution in [0.1, 0.15) is 31.0 Å². The van der Waals surface area contributed by atoms with E-state index in [0.717, 1.165) is 28.0 Å².